The van der Waals surface area contributed by atoms with Crippen molar-refractivity contribution in [3.63, 3.8) is 0 Å². The first-order chi connectivity index (χ1) is 7.86. The zero-order valence-electron chi connectivity index (χ0n) is 11.6. The standard InChI is InChI=1S/C16H32/c1-3-5-6-11-16-12-8-7-10-15(4-2)13-9-14-16/h15-16H,3-14H2,1-2H3. The van der Waals surface area contributed by atoms with Gasteiger partial charge in [0.05, 0.1) is 0 Å². The summed E-state index contributed by atoms with van der Waals surface area (Å²) in [4.78, 5) is 0. The third-order valence-corrected chi connectivity index (χ3v) is 4.49. The molecule has 0 aliphatic heterocycles. The maximum Gasteiger partial charge on any atom is -0.0414 e. The maximum atomic E-state index is 2.38. The van der Waals surface area contributed by atoms with E-state index >= 15 is 0 Å². The predicted octanol–water partition coefficient (Wildman–Crippen LogP) is 5.95. The quantitative estimate of drug-likeness (QED) is 0.506. The van der Waals surface area contributed by atoms with Crippen molar-refractivity contribution in [3.8, 4) is 0 Å². The van der Waals surface area contributed by atoms with E-state index in [-0.39, 0.29) is 0 Å². The summed E-state index contributed by atoms with van der Waals surface area (Å²) in [5.74, 6) is 2.12. The first-order valence-corrected chi connectivity index (χ1v) is 7.86. The molecule has 1 rings (SSSR count). The molecule has 0 nitrogen and oxygen atoms in total. The minimum Gasteiger partial charge on any atom is -0.0654 e. The van der Waals surface area contributed by atoms with Gasteiger partial charge in [0.25, 0.3) is 0 Å². The number of hydrogen-bond acceptors (Lipinski definition) is 0. The maximum absolute atomic E-state index is 2.38. The van der Waals surface area contributed by atoms with Gasteiger partial charge in [0.2, 0.25) is 0 Å². The Morgan fingerprint density at radius 1 is 0.750 bits per heavy atom. The fraction of sp³-hybridized carbons (Fsp3) is 1.00. The molecular weight excluding hydrogens is 192 g/mol. The van der Waals surface area contributed by atoms with Crippen molar-refractivity contribution in [1.82, 2.24) is 0 Å². The van der Waals surface area contributed by atoms with Crippen molar-refractivity contribution in [3.05, 3.63) is 0 Å². The topological polar surface area (TPSA) is 0 Å². The molecule has 0 bridgehead atoms. The minimum atomic E-state index is 1.05. The summed E-state index contributed by atoms with van der Waals surface area (Å²) in [6.45, 7) is 4.69. The predicted molar refractivity (Wildman–Crippen MR) is 73.7 cm³/mol. The zero-order chi connectivity index (χ0) is 11.6. The second-order valence-corrected chi connectivity index (χ2v) is 5.85. The average Bonchev–Trinajstić information content (AvgIpc) is 2.41. The van der Waals surface area contributed by atoms with E-state index in [9.17, 15) is 0 Å². The molecular formula is C16H32. The van der Waals surface area contributed by atoms with E-state index in [0.29, 0.717) is 0 Å². The summed E-state index contributed by atoms with van der Waals surface area (Å²) < 4.78 is 0. The van der Waals surface area contributed by atoms with Crippen LogP contribution in [0.5, 0.6) is 0 Å². The van der Waals surface area contributed by atoms with Gasteiger partial charge in [-0.25, -0.2) is 0 Å². The Kier molecular flexibility index (Phi) is 7.98. The third kappa shape index (κ3) is 5.92. The van der Waals surface area contributed by atoms with Crippen molar-refractivity contribution in [2.24, 2.45) is 11.8 Å². The fourth-order valence-corrected chi connectivity index (χ4v) is 3.23. The highest BCUT2D eigenvalue weighted by molar-refractivity contribution is 4.67. The van der Waals surface area contributed by atoms with E-state index in [0.717, 1.165) is 11.8 Å². The SMILES string of the molecule is CCCCCC1CCCCC(CC)CCC1. The van der Waals surface area contributed by atoms with Crippen LogP contribution in [-0.4, -0.2) is 0 Å². The van der Waals surface area contributed by atoms with Crippen LogP contribution in [0.2, 0.25) is 0 Å². The van der Waals surface area contributed by atoms with Gasteiger partial charge in [-0.15, -0.1) is 0 Å². The lowest BCUT2D eigenvalue weighted by molar-refractivity contribution is 0.377. The molecule has 96 valence electrons. The van der Waals surface area contributed by atoms with Gasteiger partial charge in [0.15, 0.2) is 0 Å². The molecule has 1 saturated carbocycles. The lowest BCUT2D eigenvalue weighted by Crippen LogP contribution is -2.01. The number of rotatable bonds is 5. The van der Waals surface area contributed by atoms with E-state index in [1.54, 1.807) is 0 Å². The van der Waals surface area contributed by atoms with Gasteiger partial charge in [0.1, 0.15) is 0 Å². The van der Waals surface area contributed by atoms with Crippen LogP contribution in [0.15, 0.2) is 0 Å². The molecule has 0 aromatic heterocycles. The Morgan fingerprint density at radius 3 is 2.06 bits per heavy atom. The van der Waals surface area contributed by atoms with Crippen molar-refractivity contribution >= 4 is 0 Å². The van der Waals surface area contributed by atoms with Gasteiger partial charge in [-0.1, -0.05) is 90.9 Å². The van der Waals surface area contributed by atoms with Gasteiger partial charge >= 0.3 is 0 Å². The molecule has 0 saturated heterocycles. The van der Waals surface area contributed by atoms with Gasteiger partial charge in [-0.3, -0.25) is 0 Å². The lowest BCUT2D eigenvalue weighted by Gasteiger charge is -2.15. The van der Waals surface area contributed by atoms with E-state index in [1.165, 1.54) is 77.0 Å². The molecule has 0 aromatic rings. The van der Waals surface area contributed by atoms with E-state index in [4.69, 9.17) is 0 Å². The van der Waals surface area contributed by atoms with Gasteiger partial charge in [-0.2, -0.15) is 0 Å². The molecule has 0 heterocycles. The molecule has 0 spiro atoms. The van der Waals surface area contributed by atoms with Crippen molar-refractivity contribution in [1.29, 1.82) is 0 Å². The molecule has 1 aliphatic carbocycles. The van der Waals surface area contributed by atoms with E-state index in [2.05, 4.69) is 13.8 Å². The highest BCUT2D eigenvalue weighted by Gasteiger charge is 2.14. The van der Waals surface area contributed by atoms with Gasteiger partial charge in [-0.05, 0) is 11.8 Å². The molecule has 16 heavy (non-hydrogen) atoms. The minimum absolute atomic E-state index is 1.05. The van der Waals surface area contributed by atoms with Crippen LogP contribution >= 0.6 is 0 Å². The fourth-order valence-electron chi connectivity index (χ4n) is 3.23. The third-order valence-electron chi connectivity index (χ3n) is 4.49. The highest BCUT2D eigenvalue weighted by atomic mass is 14.2. The molecule has 0 amide bonds. The number of unbranched alkanes of at least 4 members (excludes halogenated alkanes) is 2. The van der Waals surface area contributed by atoms with E-state index in [1.807, 2.05) is 0 Å². The molecule has 0 radical (unpaired) electrons. The Hall–Kier alpha value is 0. The first-order valence-electron chi connectivity index (χ1n) is 7.86. The molecule has 0 heteroatoms. The molecule has 0 N–H and O–H groups in total. The molecule has 1 fully saturated rings. The second kappa shape index (κ2) is 9.07. The van der Waals surface area contributed by atoms with Crippen LogP contribution in [0.1, 0.15) is 90.9 Å². The Morgan fingerprint density at radius 2 is 1.38 bits per heavy atom. The monoisotopic (exact) mass is 224 g/mol. The van der Waals surface area contributed by atoms with Crippen LogP contribution in [0.3, 0.4) is 0 Å². The Balaban J connectivity index is 2.21. The summed E-state index contributed by atoms with van der Waals surface area (Å²) >= 11 is 0. The van der Waals surface area contributed by atoms with Gasteiger partial charge < -0.3 is 0 Å². The zero-order valence-corrected chi connectivity index (χ0v) is 11.6. The number of hydrogen-bond donors (Lipinski definition) is 0. The van der Waals surface area contributed by atoms with Crippen LogP contribution in [0, 0.1) is 11.8 Å². The van der Waals surface area contributed by atoms with Crippen LogP contribution in [-0.2, 0) is 0 Å². The molecule has 1 aliphatic rings. The lowest BCUT2D eigenvalue weighted by atomic mass is 9.91. The van der Waals surface area contributed by atoms with Crippen molar-refractivity contribution in [2.75, 3.05) is 0 Å². The Labute approximate surface area is 103 Å². The van der Waals surface area contributed by atoms with Crippen LogP contribution in [0.4, 0.5) is 0 Å². The van der Waals surface area contributed by atoms with Crippen LogP contribution in [0.25, 0.3) is 0 Å². The molecule has 2 unspecified atom stereocenters. The average molecular weight is 224 g/mol. The van der Waals surface area contributed by atoms with Crippen molar-refractivity contribution < 1.29 is 0 Å². The second-order valence-electron chi connectivity index (χ2n) is 5.85. The molecule has 0 aromatic carbocycles. The summed E-state index contributed by atoms with van der Waals surface area (Å²) in [5, 5.41) is 0. The first kappa shape index (κ1) is 14.1. The summed E-state index contributed by atoms with van der Waals surface area (Å²) in [5.41, 5.74) is 0. The highest BCUT2D eigenvalue weighted by Crippen LogP contribution is 2.29. The smallest absolute Gasteiger partial charge is 0.0414 e. The summed E-state index contributed by atoms with van der Waals surface area (Å²) in [7, 11) is 0. The van der Waals surface area contributed by atoms with E-state index < -0.39 is 0 Å². The van der Waals surface area contributed by atoms with Gasteiger partial charge in [0, 0.05) is 0 Å². The molecule has 2 atom stereocenters. The normalized spacial score (nSPS) is 28.1. The summed E-state index contributed by atoms with van der Waals surface area (Å²) in [6, 6.07) is 0. The largest absolute Gasteiger partial charge is 0.0654 e. The van der Waals surface area contributed by atoms with Crippen LogP contribution < -0.4 is 0 Å². The Bertz CT molecular complexity index is 150. The summed E-state index contributed by atoms with van der Waals surface area (Å²) in [6.07, 6.45) is 17.9. The van der Waals surface area contributed by atoms with Crippen molar-refractivity contribution in [2.45, 2.75) is 90.9 Å².